The van der Waals surface area contributed by atoms with Gasteiger partial charge in [0.1, 0.15) is 11.6 Å². The molecule has 0 unspecified atom stereocenters. The minimum atomic E-state index is -4.08. The molecule has 72 valence electrons. The van der Waals surface area contributed by atoms with E-state index in [2.05, 4.69) is 0 Å². The Morgan fingerprint density at radius 2 is 1.62 bits per heavy atom. The van der Waals surface area contributed by atoms with Crippen molar-refractivity contribution in [2.45, 2.75) is 4.90 Å². The Bertz CT molecular complexity index is 423. The van der Waals surface area contributed by atoms with Gasteiger partial charge in [-0.1, -0.05) is 0 Å². The second-order valence-electron chi connectivity index (χ2n) is 2.14. The highest BCUT2D eigenvalue weighted by Gasteiger charge is 2.16. The third-order valence-electron chi connectivity index (χ3n) is 1.24. The van der Waals surface area contributed by atoms with E-state index in [9.17, 15) is 17.2 Å². The highest BCUT2D eigenvalue weighted by Crippen LogP contribution is 2.22. The summed E-state index contributed by atoms with van der Waals surface area (Å²) < 4.78 is 46.7. The van der Waals surface area contributed by atoms with E-state index in [1.165, 1.54) is 22.6 Å². The summed E-state index contributed by atoms with van der Waals surface area (Å²) in [5.41, 5.74) is 0. The van der Waals surface area contributed by atoms with Gasteiger partial charge in [0, 0.05) is 10.7 Å². The maximum atomic E-state index is 12.8. The lowest BCUT2D eigenvalue weighted by Crippen LogP contribution is -1.96. The zero-order valence-electron chi connectivity index (χ0n) is 5.89. The van der Waals surface area contributed by atoms with Gasteiger partial charge in [0.25, 0.3) is 9.05 Å². The summed E-state index contributed by atoms with van der Waals surface area (Å²) in [5.74, 6) is -1.89. The fourth-order valence-electron chi connectivity index (χ4n) is 0.673. The van der Waals surface area contributed by atoms with E-state index in [-0.39, 0.29) is 3.57 Å². The minimum absolute atomic E-state index is 0.262. The normalized spacial score (nSPS) is 11.7. The van der Waals surface area contributed by atoms with E-state index < -0.39 is 25.6 Å². The van der Waals surface area contributed by atoms with Crippen molar-refractivity contribution in [1.29, 1.82) is 0 Å². The molecule has 0 saturated carbocycles. The van der Waals surface area contributed by atoms with Crippen molar-refractivity contribution < 1.29 is 17.2 Å². The van der Waals surface area contributed by atoms with Crippen LogP contribution in [0, 0.1) is 15.2 Å². The highest BCUT2D eigenvalue weighted by atomic mass is 127. The second kappa shape index (κ2) is 3.66. The van der Waals surface area contributed by atoms with Crippen molar-refractivity contribution in [3.63, 3.8) is 0 Å². The average Bonchev–Trinajstić information content (AvgIpc) is 1.97. The van der Waals surface area contributed by atoms with Crippen LogP contribution in [0.1, 0.15) is 0 Å². The van der Waals surface area contributed by atoms with Gasteiger partial charge < -0.3 is 0 Å². The van der Waals surface area contributed by atoms with Crippen molar-refractivity contribution in [3.8, 4) is 0 Å². The topological polar surface area (TPSA) is 34.1 Å². The van der Waals surface area contributed by atoms with E-state index in [4.69, 9.17) is 10.7 Å². The van der Waals surface area contributed by atoms with Crippen LogP contribution < -0.4 is 0 Å². The molecule has 2 nitrogen and oxygen atoms in total. The van der Waals surface area contributed by atoms with Gasteiger partial charge in [-0.2, -0.15) is 0 Å². The van der Waals surface area contributed by atoms with E-state index in [0.717, 1.165) is 0 Å². The monoisotopic (exact) mass is 338 g/mol. The van der Waals surface area contributed by atoms with Crippen LogP contribution in [0.5, 0.6) is 0 Å². The lowest BCUT2D eigenvalue weighted by molar-refractivity contribution is 0.559. The molecule has 1 rings (SSSR count). The van der Waals surface area contributed by atoms with Crippen LogP contribution in [0.3, 0.4) is 0 Å². The Hall–Kier alpha value is 0.0500. The molecule has 0 aromatic heterocycles. The van der Waals surface area contributed by atoms with Gasteiger partial charge >= 0.3 is 0 Å². The van der Waals surface area contributed by atoms with Gasteiger partial charge in [0.15, 0.2) is 0 Å². The molecule has 1 aromatic rings. The number of hydrogen-bond acceptors (Lipinski definition) is 2. The molecule has 13 heavy (non-hydrogen) atoms. The van der Waals surface area contributed by atoms with Crippen molar-refractivity contribution in [2.75, 3.05) is 0 Å². The summed E-state index contributed by atoms with van der Waals surface area (Å²) in [6.07, 6.45) is 0. The van der Waals surface area contributed by atoms with E-state index in [1.807, 2.05) is 0 Å². The summed E-state index contributed by atoms with van der Waals surface area (Å²) in [5, 5.41) is 0. The van der Waals surface area contributed by atoms with Gasteiger partial charge in [-0.3, -0.25) is 0 Å². The van der Waals surface area contributed by atoms with Crippen LogP contribution in [-0.2, 0) is 9.05 Å². The largest absolute Gasteiger partial charge is 0.261 e. The summed E-state index contributed by atoms with van der Waals surface area (Å²) in [7, 11) is 0.816. The third-order valence-corrected chi connectivity index (χ3v) is 3.60. The Kier molecular flexibility index (Phi) is 3.13. The first kappa shape index (κ1) is 11.1. The first-order valence-electron chi connectivity index (χ1n) is 2.91. The van der Waals surface area contributed by atoms with Gasteiger partial charge in [0.2, 0.25) is 0 Å². The molecule has 0 spiro atoms. The summed E-state index contributed by atoms with van der Waals surface area (Å²) in [4.78, 5) is -0.579. The maximum absolute atomic E-state index is 12.8. The molecule has 0 saturated heterocycles. The van der Waals surface area contributed by atoms with Crippen LogP contribution in [0.15, 0.2) is 17.0 Å². The number of hydrogen-bond donors (Lipinski definition) is 0. The lowest BCUT2D eigenvalue weighted by Gasteiger charge is -1.99. The molecular formula is C6H2ClF2IO2S. The zero-order valence-corrected chi connectivity index (χ0v) is 9.62. The van der Waals surface area contributed by atoms with E-state index >= 15 is 0 Å². The molecule has 0 heterocycles. The molecule has 0 fully saturated rings. The Labute approximate surface area is 91.5 Å². The molecular weight excluding hydrogens is 336 g/mol. The fourth-order valence-corrected chi connectivity index (χ4v) is 1.74. The molecule has 0 radical (unpaired) electrons. The molecule has 7 heteroatoms. The molecule has 0 aliphatic heterocycles. The quantitative estimate of drug-likeness (QED) is 0.448. The second-order valence-corrected chi connectivity index (χ2v) is 5.78. The number of halogens is 4. The molecule has 0 atom stereocenters. The smallest absolute Gasteiger partial charge is 0.207 e. The molecule has 0 bridgehead atoms. The summed E-state index contributed by atoms with van der Waals surface area (Å²) in [6, 6.07) is 1.35. The van der Waals surface area contributed by atoms with Crippen LogP contribution in [0.25, 0.3) is 0 Å². The first-order valence-corrected chi connectivity index (χ1v) is 6.30. The van der Waals surface area contributed by atoms with Crippen LogP contribution >= 0.6 is 33.3 Å². The van der Waals surface area contributed by atoms with Crippen molar-refractivity contribution in [3.05, 3.63) is 27.3 Å². The average molecular weight is 338 g/mol. The molecule has 0 aliphatic carbocycles. The van der Waals surface area contributed by atoms with E-state index in [1.54, 1.807) is 0 Å². The lowest BCUT2D eigenvalue weighted by atomic mass is 10.3. The summed E-state index contributed by atoms with van der Waals surface area (Å²) in [6.45, 7) is 0. The highest BCUT2D eigenvalue weighted by molar-refractivity contribution is 14.1. The predicted molar refractivity (Wildman–Crippen MR) is 52.1 cm³/mol. The van der Waals surface area contributed by atoms with Crippen molar-refractivity contribution in [2.24, 2.45) is 0 Å². The van der Waals surface area contributed by atoms with Crippen LogP contribution in [0.2, 0.25) is 0 Å². The SMILES string of the molecule is O=S(=O)(Cl)c1cc(F)c(I)c(F)c1. The maximum Gasteiger partial charge on any atom is 0.261 e. The van der Waals surface area contributed by atoms with Crippen LogP contribution in [0.4, 0.5) is 8.78 Å². The fraction of sp³-hybridized carbons (Fsp3) is 0. The zero-order chi connectivity index (χ0) is 10.2. The third kappa shape index (κ3) is 2.50. The van der Waals surface area contributed by atoms with Crippen molar-refractivity contribution in [1.82, 2.24) is 0 Å². The van der Waals surface area contributed by atoms with Crippen molar-refractivity contribution >= 4 is 42.3 Å². The standard InChI is InChI=1S/C6H2ClF2IO2S/c7-13(11,12)3-1-4(8)6(10)5(9)2-3/h1-2H. The Morgan fingerprint density at radius 1 is 1.23 bits per heavy atom. The Morgan fingerprint density at radius 3 is 1.92 bits per heavy atom. The molecule has 0 aliphatic rings. The predicted octanol–water partition coefficient (Wildman–Crippen LogP) is 2.50. The molecule has 1 aromatic carbocycles. The van der Waals surface area contributed by atoms with E-state index in [0.29, 0.717) is 12.1 Å². The van der Waals surface area contributed by atoms with Gasteiger partial charge in [-0.05, 0) is 34.7 Å². The summed E-state index contributed by atoms with van der Waals surface area (Å²) >= 11 is 1.43. The Balaban J connectivity index is 3.47. The number of rotatable bonds is 1. The molecule has 0 amide bonds. The number of benzene rings is 1. The molecule has 0 N–H and O–H groups in total. The van der Waals surface area contributed by atoms with Gasteiger partial charge in [-0.25, -0.2) is 17.2 Å². The van der Waals surface area contributed by atoms with Crippen LogP contribution in [-0.4, -0.2) is 8.42 Å². The van der Waals surface area contributed by atoms with Gasteiger partial charge in [-0.15, -0.1) is 0 Å². The van der Waals surface area contributed by atoms with Gasteiger partial charge in [0.05, 0.1) is 8.47 Å². The first-order chi connectivity index (χ1) is 5.82. The minimum Gasteiger partial charge on any atom is -0.207 e.